The van der Waals surface area contributed by atoms with E-state index in [9.17, 15) is 19.1 Å². The highest BCUT2D eigenvalue weighted by atomic mass is 31.2. The molecule has 7 nitrogen and oxygen atoms in total. The SMILES string of the molecule is CCC1(CNC(=O)C(C)C)CC(N2CCC(c3cnc(C(C)C)c(P(=O)(O)O)c3)CC2)C1. The van der Waals surface area contributed by atoms with E-state index >= 15 is 0 Å². The molecule has 1 aromatic rings. The van der Waals surface area contributed by atoms with Crippen LogP contribution in [0.4, 0.5) is 0 Å². The van der Waals surface area contributed by atoms with Gasteiger partial charge in [0.05, 0.1) is 11.0 Å². The summed E-state index contributed by atoms with van der Waals surface area (Å²) >= 11 is 0. The third-order valence-corrected chi connectivity index (χ3v) is 8.53. The molecule has 1 aliphatic heterocycles. The van der Waals surface area contributed by atoms with Crippen molar-refractivity contribution in [2.24, 2.45) is 11.3 Å². The first-order valence-corrected chi connectivity index (χ1v) is 13.6. The maximum Gasteiger partial charge on any atom is 0.358 e. The second-order valence-electron chi connectivity index (χ2n) is 10.5. The average Bonchev–Trinajstić information content (AvgIpc) is 2.72. The van der Waals surface area contributed by atoms with Crippen LogP contribution in [0.5, 0.6) is 0 Å². The Morgan fingerprint density at radius 2 is 1.88 bits per heavy atom. The van der Waals surface area contributed by atoms with Gasteiger partial charge in [-0.3, -0.25) is 14.3 Å². The summed E-state index contributed by atoms with van der Waals surface area (Å²) in [5, 5.41) is 3.22. The molecule has 1 amide bonds. The van der Waals surface area contributed by atoms with Crippen LogP contribution in [0.15, 0.2) is 12.3 Å². The first-order valence-electron chi connectivity index (χ1n) is 12.0. The zero-order valence-corrected chi connectivity index (χ0v) is 21.1. The Morgan fingerprint density at radius 3 is 2.38 bits per heavy atom. The summed E-state index contributed by atoms with van der Waals surface area (Å²) < 4.78 is 12.0. The summed E-state index contributed by atoms with van der Waals surface area (Å²) in [5.41, 5.74) is 1.66. The van der Waals surface area contributed by atoms with Gasteiger partial charge < -0.3 is 20.0 Å². The Kier molecular flexibility index (Phi) is 7.86. The number of hydrogen-bond donors (Lipinski definition) is 3. The van der Waals surface area contributed by atoms with Gasteiger partial charge in [-0.05, 0) is 74.1 Å². The van der Waals surface area contributed by atoms with Crippen LogP contribution in [0.1, 0.15) is 89.8 Å². The van der Waals surface area contributed by atoms with Crippen molar-refractivity contribution in [3.8, 4) is 0 Å². The largest absolute Gasteiger partial charge is 0.358 e. The zero-order valence-electron chi connectivity index (χ0n) is 20.2. The first-order chi connectivity index (χ1) is 15.0. The first kappa shape index (κ1) is 25.4. The molecule has 0 atom stereocenters. The number of aromatic nitrogens is 1. The van der Waals surface area contributed by atoms with Crippen molar-refractivity contribution in [1.29, 1.82) is 0 Å². The van der Waals surface area contributed by atoms with E-state index in [1.165, 1.54) is 0 Å². The summed E-state index contributed by atoms with van der Waals surface area (Å²) in [6, 6.07) is 2.27. The predicted octanol–water partition coefficient (Wildman–Crippen LogP) is 3.52. The fourth-order valence-electron chi connectivity index (χ4n) is 5.21. The Balaban J connectivity index is 1.57. The molecule has 8 heteroatoms. The van der Waals surface area contributed by atoms with Gasteiger partial charge in [0.2, 0.25) is 5.91 Å². The van der Waals surface area contributed by atoms with E-state index in [0.29, 0.717) is 11.7 Å². The van der Waals surface area contributed by atoms with Gasteiger partial charge in [0.15, 0.2) is 0 Å². The second kappa shape index (κ2) is 9.92. The number of hydrogen-bond acceptors (Lipinski definition) is 4. The lowest BCUT2D eigenvalue weighted by molar-refractivity contribution is -0.125. The third kappa shape index (κ3) is 5.61. The van der Waals surface area contributed by atoms with E-state index in [1.54, 1.807) is 6.07 Å². The summed E-state index contributed by atoms with van der Waals surface area (Å²) in [7, 11) is -4.35. The van der Waals surface area contributed by atoms with Gasteiger partial charge in [-0.25, -0.2) is 0 Å². The molecule has 0 aromatic carbocycles. The number of pyridine rings is 1. The molecular formula is C24H40N3O4P. The van der Waals surface area contributed by atoms with Crippen LogP contribution in [-0.2, 0) is 9.36 Å². The maximum absolute atomic E-state index is 12.0. The summed E-state index contributed by atoms with van der Waals surface area (Å²) in [6.07, 6.45) is 7.10. The Bertz CT molecular complexity index is 853. The van der Waals surface area contributed by atoms with Gasteiger partial charge in [0, 0.05) is 24.7 Å². The van der Waals surface area contributed by atoms with Crippen LogP contribution >= 0.6 is 7.60 Å². The van der Waals surface area contributed by atoms with Crippen molar-refractivity contribution in [2.45, 2.75) is 84.6 Å². The standard InChI is InChI=1S/C24H40N3O4P/c1-6-24(15-26-23(28)17(4)5)12-20(13-24)27-9-7-18(8-10-27)19-11-21(32(29,30)31)22(16(2)3)25-14-19/h11,14,16-18,20H,6-10,12-13,15H2,1-5H3,(H,26,28)(H2,29,30,31). The van der Waals surface area contributed by atoms with E-state index < -0.39 is 7.60 Å². The zero-order chi connectivity index (χ0) is 23.7. The number of carbonyl (C=O) groups is 1. The van der Waals surface area contributed by atoms with Crippen LogP contribution in [0.2, 0.25) is 0 Å². The monoisotopic (exact) mass is 465 g/mol. The molecule has 3 rings (SSSR count). The molecule has 180 valence electrons. The lowest BCUT2D eigenvalue weighted by Gasteiger charge is -2.53. The summed E-state index contributed by atoms with van der Waals surface area (Å²) in [6.45, 7) is 12.6. The number of nitrogens with zero attached hydrogens (tertiary/aromatic N) is 2. The topological polar surface area (TPSA) is 103 Å². The Labute approximate surface area is 192 Å². The van der Waals surface area contributed by atoms with Crippen molar-refractivity contribution in [3.63, 3.8) is 0 Å². The Hall–Kier alpha value is -1.27. The number of rotatable bonds is 8. The smallest absolute Gasteiger partial charge is 0.355 e. The molecule has 1 aliphatic carbocycles. The molecule has 2 heterocycles. The van der Waals surface area contributed by atoms with Crippen molar-refractivity contribution >= 4 is 18.8 Å². The van der Waals surface area contributed by atoms with E-state index in [4.69, 9.17) is 0 Å². The molecule has 32 heavy (non-hydrogen) atoms. The minimum atomic E-state index is -4.35. The van der Waals surface area contributed by atoms with Gasteiger partial charge in [-0.1, -0.05) is 34.6 Å². The van der Waals surface area contributed by atoms with Gasteiger partial charge in [0.25, 0.3) is 0 Å². The number of piperidine rings is 1. The molecule has 1 saturated heterocycles. The van der Waals surface area contributed by atoms with Crippen molar-refractivity contribution in [3.05, 3.63) is 23.5 Å². The summed E-state index contributed by atoms with van der Waals surface area (Å²) in [5.74, 6) is 0.408. The fraction of sp³-hybridized carbons (Fsp3) is 0.750. The van der Waals surface area contributed by atoms with Gasteiger partial charge in [0.1, 0.15) is 0 Å². The van der Waals surface area contributed by atoms with Gasteiger partial charge in [-0.2, -0.15) is 0 Å². The van der Waals surface area contributed by atoms with E-state index in [0.717, 1.165) is 57.3 Å². The molecule has 1 saturated carbocycles. The maximum atomic E-state index is 12.0. The lowest BCUT2D eigenvalue weighted by Crippen LogP contribution is -2.56. The molecule has 0 spiro atoms. The number of nitrogens with one attached hydrogen (secondary N) is 1. The van der Waals surface area contributed by atoms with Crippen LogP contribution in [0.25, 0.3) is 0 Å². The molecule has 3 N–H and O–H groups in total. The predicted molar refractivity (Wildman–Crippen MR) is 127 cm³/mol. The number of likely N-dealkylation sites (tertiary alicyclic amines) is 1. The molecular weight excluding hydrogens is 425 g/mol. The normalized spacial score (nSPS) is 25.2. The number of carbonyl (C=O) groups excluding carboxylic acids is 1. The highest BCUT2D eigenvalue weighted by Crippen LogP contribution is 2.47. The van der Waals surface area contributed by atoms with Crippen LogP contribution in [0, 0.1) is 11.3 Å². The lowest BCUT2D eigenvalue weighted by atomic mass is 9.63. The number of amides is 1. The minimum absolute atomic E-state index is 0.0222. The van der Waals surface area contributed by atoms with Gasteiger partial charge >= 0.3 is 7.60 Å². The molecule has 0 bridgehead atoms. The molecule has 0 radical (unpaired) electrons. The Morgan fingerprint density at radius 1 is 1.25 bits per heavy atom. The van der Waals surface area contributed by atoms with E-state index in [1.807, 2.05) is 33.9 Å². The molecule has 2 fully saturated rings. The minimum Gasteiger partial charge on any atom is -0.355 e. The highest BCUT2D eigenvalue weighted by molar-refractivity contribution is 7.60. The van der Waals surface area contributed by atoms with E-state index in [-0.39, 0.29) is 34.4 Å². The van der Waals surface area contributed by atoms with Crippen molar-refractivity contribution < 1.29 is 19.1 Å². The average molecular weight is 466 g/mol. The fourth-order valence-corrected chi connectivity index (χ4v) is 6.15. The highest BCUT2D eigenvalue weighted by Gasteiger charge is 2.46. The van der Waals surface area contributed by atoms with Crippen LogP contribution in [0.3, 0.4) is 0 Å². The van der Waals surface area contributed by atoms with Crippen molar-refractivity contribution in [1.82, 2.24) is 15.2 Å². The molecule has 2 aliphatic rings. The third-order valence-electron chi connectivity index (χ3n) is 7.55. The van der Waals surface area contributed by atoms with E-state index in [2.05, 4.69) is 22.1 Å². The quantitative estimate of drug-likeness (QED) is 0.508. The molecule has 1 aromatic heterocycles. The second-order valence-corrected chi connectivity index (χ2v) is 12.0. The van der Waals surface area contributed by atoms with Crippen LogP contribution < -0.4 is 10.6 Å². The molecule has 0 unspecified atom stereocenters. The van der Waals surface area contributed by atoms with Crippen LogP contribution in [-0.4, -0.2) is 51.3 Å². The van der Waals surface area contributed by atoms with Crippen molar-refractivity contribution in [2.75, 3.05) is 19.6 Å². The van der Waals surface area contributed by atoms with Gasteiger partial charge in [-0.15, -0.1) is 0 Å². The summed E-state index contributed by atoms with van der Waals surface area (Å²) in [4.78, 5) is 38.6.